The van der Waals surface area contributed by atoms with Gasteiger partial charge in [0.15, 0.2) is 0 Å². The van der Waals surface area contributed by atoms with Crippen LogP contribution in [-0.4, -0.2) is 24.2 Å². The molecule has 0 aromatic carbocycles. The maximum absolute atomic E-state index is 10.4. The normalized spacial score (nSPS) is 7.54. The Bertz CT molecular complexity index is 192. The molecule has 74 valence electrons. The molecule has 0 aromatic heterocycles. The molecule has 0 rings (SSSR count). The number of esters is 1. The van der Waals surface area contributed by atoms with Crippen molar-refractivity contribution < 1.29 is 19.4 Å². The van der Waals surface area contributed by atoms with E-state index in [0.717, 1.165) is 6.08 Å². The number of carboxylic acid groups (broad SMARTS) is 1. The van der Waals surface area contributed by atoms with E-state index in [-0.39, 0.29) is 5.97 Å². The number of hydrogen-bond donors (Lipinski definition) is 1. The molecule has 1 N–H and O–H groups in total. The number of carbonyl (C=O) groups is 2. The predicted octanol–water partition coefficient (Wildman–Crippen LogP) is 1.38. The lowest BCUT2D eigenvalue weighted by Crippen LogP contribution is -2.01. The highest BCUT2D eigenvalue weighted by Gasteiger charge is 2.00. The SMILES string of the molecule is C=C(CC)C(=O)OC.C=CC(=O)O. The summed E-state index contributed by atoms with van der Waals surface area (Å²) in [5.41, 5.74) is 0.521. The molecule has 0 bridgehead atoms. The van der Waals surface area contributed by atoms with Crippen molar-refractivity contribution in [2.45, 2.75) is 13.3 Å². The zero-order valence-electron chi connectivity index (χ0n) is 7.87. The highest BCUT2D eigenvalue weighted by Crippen LogP contribution is 1.96. The molecule has 0 amide bonds. The molecule has 0 heterocycles. The largest absolute Gasteiger partial charge is 0.478 e. The Labute approximate surface area is 77.5 Å². The summed E-state index contributed by atoms with van der Waals surface area (Å²) >= 11 is 0. The summed E-state index contributed by atoms with van der Waals surface area (Å²) in [6, 6.07) is 0. The average molecular weight is 186 g/mol. The first kappa shape index (κ1) is 14.0. The number of ether oxygens (including phenoxy) is 1. The van der Waals surface area contributed by atoms with Gasteiger partial charge in [-0.15, -0.1) is 0 Å². The van der Waals surface area contributed by atoms with Crippen LogP contribution in [0.5, 0.6) is 0 Å². The van der Waals surface area contributed by atoms with Gasteiger partial charge in [-0.3, -0.25) is 0 Å². The van der Waals surface area contributed by atoms with Gasteiger partial charge in [-0.05, 0) is 6.42 Å². The second-order valence-corrected chi connectivity index (χ2v) is 1.99. The van der Waals surface area contributed by atoms with E-state index >= 15 is 0 Å². The molecule has 0 atom stereocenters. The molecular formula is C9H14O4. The number of carboxylic acids is 1. The third-order valence-electron chi connectivity index (χ3n) is 1.08. The van der Waals surface area contributed by atoms with Crippen LogP contribution in [0.15, 0.2) is 24.8 Å². The van der Waals surface area contributed by atoms with Crippen LogP contribution in [0, 0.1) is 0 Å². The molecular weight excluding hydrogens is 172 g/mol. The first-order valence-electron chi connectivity index (χ1n) is 3.61. The second kappa shape index (κ2) is 8.52. The monoisotopic (exact) mass is 186 g/mol. The Kier molecular flexibility index (Phi) is 9.15. The minimum Gasteiger partial charge on any atom is -0.478 e. The van der Waals surface area contributed by atoms with Crippen LogP contribution in [0.4, 0.5) is 0 Å². The van der Waals surface area contributed by atoms with E-state index in [1.165, 1.54) is 7.11 Å². The zero-order chi connectivity index (χ0) is 10.9. The van der Waals surface area contributed by atoms with Crippen LogP contribution in [0.2, 0.25) is 0 Å². The van der Waals surface area contributed by atoms with Gasteiger partial charge < -0.3 is 9.84 Å². The third kappa shape index (κ3) is 10.4. The molecule has 0 radical (unpaired) electrons. The summed E-state index contributed by atoms with van der Waals surface area (Å²) in [4.78, 5) is 19.7. The molecule has 0 aliphatic rings. The Morgan fingerprint density at radius 1 is 1.54 bits per heavy atom. The van der Waals surface area contributed by atoms with Crippen molar-refractivity contribution >= 4 is 11.9 Å². The van der Waals surface area contributed by atoms with Crippen molar-refractivity contribution in [3.05, 3.63) is 24.8 Å². The van der Waals surface area contributed by atoms with Crippen molar-refractivity contribution in [1.82, 2.24) is 0 Å². The van der Waals surface area contributed by atoms with Gasteiger partial charge in [0.1, 0.15) is 0 Å². The lowest BCUT2D eigenvalue weighted by molar-refractivity contribution is -0.136. The first-order chi connectivity index (χ1) is 5.99. The molecule has 13 heavy (non-hydrogen) atoms. The Balaban J connectivity index is 0. The van der Waals surface area contributed by atoms with Crippen molar-refractivity contribution in [2.24, 2.45) is 0 Å². The average Bonchev–Trinajstić information content (AvgIpc) is 2.16. The topological polar surface area (TPSA) is 63.6 Å². The summed E-state index contributed by atoms with van der Waals surface area (Å²) in [5.74, 6) is -1.29. The van der Waals surface area contributed by atoms with Crippen LogP contribution in [0.1, 0.15) is 13.3 Å². The molecule has 4 nitrogen and oxygen atoms in total. The summed E-state index contributed by atoms with van der Waals surface area (Å²) in [6.45, 7) is 8.29. The fourth-order valence-corrected chi connectivity index (χ4v) is 0.289. The fourth-order valence-electron chi connectivity index (χ4n) is 0.289. The van der Waals surface area contributed by atoms with Crippen molar-refractivity contribution in [1.29, 1.82) is 0 Å². The van der Waals surface area contributed by atoms with Crippen molar-refractivity contribution in [3.8, 4) is 0 Å². The van der Waals surface area contributed by atoms with Gasteiger partial charge in [0.05, 0.1) is 7.11 Å². The summed E-state index contributed by atoms with van der Waals surface area (Å²) in [6.07, 6.45) is 1.49. The van der Waals surface area contributed by atoms with E-state index in [1.54, 1.807) is 0 Å². The molecule has 0 aliphatic heterocycles. The maximum Gasteiger partial charge on any atom is 0.333 e. The van der Waals surface area contributed by atoms with E-state index in [1.807, 2.05) is 6.92 Å². The predicted molar refractivity (Wildman–Crippen MR) is 49.3 cm³/mol. The van der Waals surface area contributed by atoms with Crippen LogP contribution in [-0.2, 0) is 14.3 Å². The lowest BCUT2D eigenvalue weighted by atomic mass is 10.2. The molecule has 0 aliphatic carbocycles. The van der Waals surface area contributed by atoms with Gasteiger partial charge in [-0.2, -0.15) is 0 Å². The summed E-state index contributed by atoms with van der Waals surface area (Å²) in [7, 11) is 1.35. The quantitative estimate of drug-likeness (QED) is 0.534. The van der Waals surface area contributed by atoms with Crippen LogP contribution in [0.25, 0.3) is 0 Å². The number of carbonyl (C=O) groups excluding carboxylic acids is 1. The molecule has 0 aromatic rings. The van der Waals surface area contributed by atoms with Gasteiger partial charge in [0.25, 0.3) is 0 Å². The van der Waals surface area contributed by atoms with Gasteiger partial charge in [-0.25, -0.2) is 9.59 Å². The van der Waals surface area contributed by atoms with Gasteiger partial charge in [0.2, 0.25) is 0 Å². The number of aliphatic carboxylic acids is 1. The number of hydrogen-bond acceptors (Lipinski definition) is 3. The highest BCUT2D eigenvalue weighted by atomic mass is 16.5. The summed E-state index contributed by atoms with van der Waals surface area (Å²) in [5, 5.41) is 7.60. The molecule has 0 spiro atoms. The molecule has 4 heteroatoms. The van der Waals surface area contributed by atoms with E-state index in [4.69, 9.17) is 5.11 Å². The molecule has 0 saturated heterocycles. The lowest BCUT2D eigenvalue weighted by Gasteiger charge is -1.95. The Morgan fingerprint density at radius 3 is 2.00 bits per heavy atom. The van der Waals surface area contributed by atoms with Gasteiger partial charge in [0, 0.05) is 11.6 Å². The molecule has 0 saturated carbocycles. The van der Waals surface area contributed by atoms with E-state index in [9.17, 15) is 9.59 Å². The Hall–Kier alpha value is -1.58. The van der Waals surface area contributed by atoms with Crippen LogP contribution >= 0.6 is 0 Å². The maximum atomic E-state index is 10.4. The van der Waals surface area contributed by atoms with Gasteiger partial charge >= 0.3 is 11.9 Å². The molecule has 0 unspecified atom stereocenters. The Morgan fingerprint density at radius 2 is 1.92 bits per heavy atom. The van der Waals surface area contributed by atoms with E-state index in [2.05, 4.69) is 17.9 Å². The third-order valence-corrected chi connectivity index (χ3v) is 1.08. The second-order valence-electron chi connectivity index (χ2n) is 1.99. The number of methoxy groups -OCH3 is 1. The fraction of sp³-hybridized carbons (Fsp3) is 0.333. The number of rotatable bonds is 3. The first-order valence-corrected chi connectivity index (χ1v) is 3.61. The molecule has 0 fully saturated rings. The van der Waals surface area contributed by atoms with Gasteiger partial charge in [-0.1, -0.05) is 20.1 Å². The van der Waals surface area contributed by atoms with Crippen LogP contribution in [0.3, 0.4) is 0 Å². The van der Waals surface area contributed by atoms with E-state index < -0.39 is 5.97 Å². The minimum absolute atomic E-state index is 0.312. The van der Waals surface area contributed by atoms with Crippen molar-refractivity contribution in [2.75, 3.05) is 7.11 Å². The summed E-state index contributed by atoms with van der Waals surface area (Å²) < 4.78 is 4.36. The van der Waals surface area contributed by atoms with Crippen LogP contribution < -0.4 is 0 Å². The van der Waals surface area contributed by atoms with E-state index in [0.29, 0.717) is 12.0 Å². The zero-order valence-corrected chi connectivity index (χ0v) is 7.87. The smallest absolute Gasteiger partial charge is 0.333 e. The minimum atomic E-state index is -0.981. The van der Waals surface area contributed by atoms with Crippen molar-refractivity contribution in [3.63, 3.8) is 0 Å². The standard InChI is InChI=1S/C6H10O2.C3H4O2/c1-4-5(2)6(7)8-3;1-2-3(4)5/h2,4H2,1,3H3;2H,1H2,(H,4,5). The highest BCUT2D eigenvalue weighted by molar-refractivity contribution is 5.87.